The van der Waals surface area contributed by atoms with Gasteiger partial charge >= 0.3 is 0 Å². The molecule has 2 aromatic carbocycles. The zero-order chi connectivity index (χ0) is 18.6. The normalized spacial score (nSPS) is 13.5. The maximum atomic E-state index is 12.4. The summed E-state index contributed by atoms with van der Waals surface area (Å²) in [4.78, 5) is 12.3. The van der Waals surface area contributed by atoms with E-state index < -0.39 is 10.0 Å². The lowest BCUT2D eigenvalue weighted by Gasteiger charge is -2.19. The summed E-state index contributed by atoms with van der Waals surface area (Å²) < 4.78 is 36.8. The van der Waals surface area contributed by atoms with E-state index in [1.54, 1.807) is 30.3 Å². The van der Waals surface area contributed by atoms with Gasteiger partial charge in [0, 0.05) is 13.6 Å². The highest BCUT2D eigenvalue weighted by atomic mass is 32.2. The molecule has 0 bridgehead atoms. The van der Waals surface area contributed by atoms with E-state index in [1.165, 1.54) is 19.2 Å². The Morgan fingerprint density at radius 2 is 1.77 bits per heavy atom. The Kier molecular flexibility index (Phi) is 5.43. The minimum absolute atomic E-state index is 0.155. The molecular formula is C18H20N2O5S. The Hall–Kier alpha value is -2.58. The summed E-state index contributed by atoms with van der Waals surface area (Å²) in [6.45, 7) is 1.02. The van der Waals surface area contributed by atoms with Crippen LogP contribution < -0.4 is 14.8 Å². The molecule has 0 saturated carbocycles. The van der Waals surface area contributed by atoms with Crippen molar-refractivity contribution in [2.75, 3.05) is 26.8 Å². The predicted molar refractivity (Wildman–Crippen MR) is 95.5 cm³/mol. The molecule has 138 valence electrons. The highest BCUT2D eigenvalue weighted by Crippen LogP contribution is 2.30. The van der Waals surface area contributed by atoms with Gasteiger partial charge < -0.3 is 14.8 Å². The summed E-state index contributed by atoms with van der Waals surface area (Å²) in [6, 6.07) is 13.4. The first kappa shape index (κ1) is 18.2. The molecule has 1 N–H and O–H groups in total. The van der Waals surface area contributed by atoms with Gasteiger partial charge in [-0.15, -0.1) is 0 Å². The van der Waals surface area contributed by atoms with Crippen LogP contribution in [-0.4, -0.2) is 45.4 Å². The molecule has 8 heteroatoms. The van der Waals surface area contributed by atoms with Crippen molar-refractivity contribution in [3.8, 4) is 11.5 Å². The summed E-state index contributed by atoms with van der Waals surface area (Å²) in [5.41, 5.74) is 0.844. The van der Waals surface area contributed by atoms with Crippen LogP contribution in [0.5, 0.6) is 11.5 Å². The van der Waals surface area contributed by atoms with Gasteiger partial charge in [0.1, 0.15) is 13.2 Å². The van der Waals surface area contributed by atoms with Crippen molar-refractivity contribution in [1.29, 1.82) is 0 Å². The Balaban J connectivity index is 1.57. The molecule has 0 fully saturated rings. The molecule has 0 atom stereocenters. The molecule has 26 heavy (non-hydrogen) atoms. The molecule has 1 amide bonds. The van der Waals surface area contributed by atoms with Crippen LogP contribution >= 0.6 is 0 Å². The lowest BCUT2D eigenvalue weighted by molar-refractivity contribution is -0.121. The van der Waals surface area contributed by atoms with Crippen molar-refractivity contribution >= 4 is 15.9 Å². The van der Waals surface area contributed by atoms with E-state index in [0.29, 0.717) is 24.7 Å². The summed E-state index contributed by atoms with van der Waals surface area (Å²) in [5.74, 6) is 0.939. The van der Waals surface area contributed by atoms with Gasteiger partial charge in [-0.25, -0.2) is 8.42 Å². The van der Waals surface area contributed by atoms with Crippen LogP contribution in [0.4, 0.5) is 0 Å². The molecule has 0 aliphatic carbocycles. The number of rotatable bonds is 6. The van der Waals surface area contributed by atoms with Gasteiger partial charge in [-0.3, -0.25) is 4.79 Å². The first-order valence-corrected chi connectivity index (χ1v) is 9.57. The Labute approximate surface area is 152 Å². The van der Waals surface area contributed by atoms with E-state index in [0.717, 1.165) is 9.87 Å². The van der Waals surface area contributed by atoms with Crippen LogP contribution in [0.2, 0.25) is 0 Å². The van der Waals surface area contributed by atoms with Crippen molar-refractivity contribution in [2.24, 2.45) is 0 Å². The van der Waals surface area contributed by atoms with E-state index in [4.69, 9.17) is 9.47 Å². The topological polar surface area (TPSA) is 84.9 Å². The molecule has 7 nitrogen and oxygen atoms in total. The van der Waals surface area contributed by atoms with Crippen molar-refractivity contribution in [2.45, 2.75) is 11.4 Å². The van der Waals surface area contributed by atoms with Crippen LogP contribution in [-0.2, 0) is 21.4 Å². The second kappa shape index (κ2) is 7.76. The average molecular weight is 376 g/mol. The molecule has 1 aliphatic heterocycles. The largest absolute Gasteiger partial charge is 0.486 e. The summed E-state index contributed by atoms with van der Waals surface area (Å²) in [5, 5.41) is 2.72. The number of sulfonamides is 1. The third-order valence-corrected chi connectivity index (χ3v) is 5.73. The quantitative estimate of drug-likeness (QED) is 0.824. The average Bonchev–Trinajstić information content (AvgIpc) is 2.67. The monoisotopic (exact) mass is 376 g/mol. The maximum absolute atomic E-state index is 12.4. The van der Waals surface area contributed by atoms with Gasteiger partial charge in [-0.05, 0) is 29.8 Å². The SMILES string of the molecule is CN(CC(=O)NCc1ccc2c(c1)OCCO2)S(=O)(=O)c1ccccc1. The summed E-state index contributed by atoms with van der Waals surface area (Å²) in [6.07, 6.45) is 0. The minimum atomic E-state index is -3.69. The highest BCUT2D eigenvalue weighted by Gasteiger charge is 2.22. The molecule has 1 aliphatic rings. The van der Waals surface area contributed by atoms with Crippen LogP contribution in [0, 0.1) is 0 Å². The van der Waals surface area contributed by atoms with E-state index in [-0.39, 0.29) is 23.9 Å². The second-order valence-electron chi connectivity index (χ2n) is 5.83. The molecule has 0 unspecified atom stereocenters. The number of ether oxygens (including phenoxy) is 2. The van der Waals surface area contributed by atoms with E-state index >= 15 is 0 Å². The number of likely N-dealkylation sites (N-methyl/N-ethyl adjacent to an activating group) is 1. The molecule has 0 spiro atoms. The zero-order valence-corrected chi connectivity index (χ0v) is 15.2. The molecule has 0 saturated heterocycles. The van der Waals surface area contributed by atoms with Gasteiger partial charge in [0.25, 0.3) is 0 Å². The van der Waals surface area contributed by atoms with E-state index in [2.05, 4.69) is 5.32 Å². The van der Waals surface area contributed by atoms with Gasteiger partial charge in [-0.1, -0.05) is 24.3 Å². The van der Waals surface area contributed by atoms with Crippen LogP contribution in [0.1, 0.15) is 5.56 Å². The fourth-order valence-electron chi connectivity index (χ4n) is 2.51. The van der Waals surface area contributed by atoms with Gasteiger partial charge in [0.2, 0.25) is 15.9 Å². The lowest BCUT2D eigenvalue weighted by Crippen LogP contribution is -2.38. The predicted octanol–water partition coefficient (Wildman–Crippen LogP) is 1.39. The second-order valence-corrected chi connectivity index (χ2v) is 7.87. The van der Waals surface area contributed by atoms with Crippen molar-refractivity contribution in [3.63, 3.8) is 0 Å². The van der Waals surface area contributed by atoms with Gasteiger partial charge in [-0.2, -0.15) is 4.31 Å². The Morgan fingerprint density at radius 1 is 1.08 bits per heavy atom. The standard InChI is InChI=1S/C18H20N2O5S/c1-20(26(22,23)15-5-3-2-4-6-15)13-18(21)19-12-14-7-8-16-17(11-14)25-10-9-24-16/h2-8,11H,9-10,12-13H2,1H3,(H,19,21). The maximum Gasteiger partial charge on any atom is 0.243 e. The van der Waals surface area contributed by atoms with Crippen molar-refractivity contribution in [3.05, 3.63) is 54.1 Å². The minimum Gasteiger partial charge on any atom is -0.486 e. The fourth-order valence-corrected chi connectivity index (χ4v) is 3.66. The molecule has 0 radical (unpaired) electrons. The molecule has 3 rings (SSSR count). The van der Waals surface area contributed by atoms with Gasteiger partial charge in [0.15, 0.2) is 11.5 Å². The van der Waals surface area contributed by atoms with E-state index in [1.807, 2.05) is 6.07 Å². The number of nitrogens with one attached hydrogen (secondary N) is 1. The Morgan fingerprint density at radius 3 is 2.50 bits per heavy atom. The first-order chi connectivity index (χ1) is 12.5. The van der Waals surface area contributed by atoms with Crippen LogP contribution in [0.3, 0.4) is 0 Å². The van der Waals surface area contributed by atoms with Crippen LogP contribution in [0.25, 0.3) is 0 Å². The smallest absolute Gasteiger partial charge is 0.243 e. The van der Waals surface area contributed by atoms with Crippen LogP contribution in [0.15, 0.2) is 53.4 Å². The molecule has 2 aromatic rings. The molecule has 1 heterocycles. The number of carbonyl (C=O) groups excluding carboxylic acids is 1. The number of fused-ring (bicyclic) bond motifs is 1. The lowest BCUT2D eigenvalue weighted by atomic mass is 10.2. The van der Waals surface area contributed by atoms with Crippen molar-refractivity contribution < 1.29 is 22.7 Å². The van der Waals surface area contributed by atoms with Crippen molar-refractivity contribution in [1.82, 2.24) is 9.62 Å². The number of carbonyl (C=O) groups is 1. The third kappa shape index (κ3) is 4.14. The number of hydrogen-bond acceptors (Lipinski definition) is 5. The third-order valence-electron chi connectivity index (χ3n) is 3.91. The Bertz CT molecular complexity index is 884. The molecule has 0 aromatic heterocycles. The first-order valence-electron chi connectivity index (χ1n) is 8.13. The summed E-state index contributed by atoms with van der Waals surface area (Å²) >= 11 is 0. The number of amides is 1. The summed E-state index contributed by atoms with van der Waals surface area (Å²) in [7, 11) is -2.31. The number of nitrogens with zero attached hydrogens (tertiary/aromatic N) is 1. The number of benzene rings is 2. The fraction of sp³-hybridized carbons (Fsp3) is 0.278. The zero-order valence-electron chi connectivity index (χ0n) is 14.3. The highest BCUT2D eigenvalue weighted by molar-refractivity contribution is 7.89. The number of hydrogen-bond donors (Lipinski definition) is 1. The van der Waals surface area contributed by atoms with E-state index in [9.17, 15) is 13.2 Å². The van der Waals surface area contributed by atoms with Gasteiger partial charge in [0.05, 0.1) is 11.4 Å². The molecular weight excluding hydrogens is 356 g/mol.